The lowest BCUT2D eigenvalue weighted by molar-refractivity contribution is 0.582. The molecule has 0 spiro atoms. The fraction of sp³-hybridized carbons (Fsp3) is 0.0741. The Morgan fingerprint density at radius 2 is 1.12 bits per heavy atom. The van der Waals surface area contributed by atoms with Crippen molar-refractivity contribution in [1.29, 1.82) is 0 Å². The van der Waals surface area contributed by atoms with Gasteiger partial charge < -0.3 is 9.32 Å². The molecule has 0 radical (unpaired) electrons. The third kappa shape index (κ3) is 4.01. The summed E-state index contributed by atoms with van der Waals surface area (Å²) in [5.74, 6) is 0.875. The van der Waals surface area contributed by atoms with Crippen LogP contribution < -0.4 is 4.90 Å². The summed E-state index contributed by atoms with van der Waals surface area (Å²) in [6.07, 6.45) is 1.71. The van der Waals surface area contributed by atoms with Crippen molar-refractivity contribution in [3.63, 3.8) is 0 Å². The third-order valence-corrected chi connectivity index (χ3v) is 5.27. The van der Waals surface area contributed by atoms with Gasteiger partial charge in [0.2, 0.25) is 5.89 Å². The Labute approximate surface area is 187 Å². The van der Waals surface area contributed by atoms with Gasteiger partial charge in [-0.2, -0.15) is 0 Å². The predicted molar refractivity (Wildman–Crippen MR) is 127 cm³/mol. The van der Waals surface area contributed by atoms with Crippen molar-refractivity contribution >= 4 is 17.1 Å². The minimum Gasteiger partial charge on any atom is -0.415 e. The Kier molecular flexibility index (Phi) is 5.22. The van der Waals surface area contributed by atoms with Crippen LogP contribution in [0.1, 0.15) is 11.1 Å². The van der Waals surface area contributed by atoms with Crippen molar-refractivity contribution in [2.75, 3.05) is 4.90 Å². The van der Waals surface area contributed by atoms with Crippen molar-refractivity contribution in [1.82, 2.24) is 15.2 Å². The summed E-state index contributed by atoms with van der Waals surface area (Å²) in [4.78, 5) is 6.50. The van der Waals surface area contributed by atoms with Gasteiger partial charge in [0.25, 0.3) is 5.89 Å². The molecule has 5 nitrogen and oxygen atoms in total. The predicted octanol–water partition coefficient (Wildman–Crippen LogP) is 6.89. The maximum atomic E-state index is 5.85. The van der Waals surface area contributed by atoms with Crippen molar-refractivity contribution in [3.8, 4) is 23.0 Å². The summed E-state index contributed by atoms with van der Waals surface area (Å²) in [7, 11) is 0. The highest BCUT2D eigenvalue weighted by Crippen LogP contribution is 2.35. The molecule has 0 amide bonds. The maximum Gasteiger partial charge on any atom is 0.266 e. The van der Waals surface area contributed by atoms with Crippen molar-refractivity contribution in [3.05, 3.63) is 108 Å². The van der Waals surface area contributed by atoms with Crippen LogP contribution in [-0.2, 0) is 0 Å². The summed E-state index contributed by atoms with van der Waals surface area (Å²) >= 11 is 0. The van der Waals surface area contributed by atoms with Crippen molar-refractivity contribution < 1.29 is 4.42 Å². The molecule has 0 bridgehead atoms. The number of hydrogen-bond acceptors (Lipinski definition) is 5. The first kappa shape index (κ1) is 19.7. The molecular weight excluding hydrogens is 396 g/mol. The van der Waals surface area contributed by atoms with Crippen LogP contribution >= 0.6 is 0 Å². The highest BCUT2D eigenvalue weighted by molar-refractivity contribution is 5.77. The lowest BCUT2D eigenvalue weighted by Crippen LogP contribution is -2.09. The average molecular weight is 419 g/mol. The highest BCUT2D eigenvalue weighted by atomic mass is 16.4. The van der Waals surface area contributed by atoms with E-state index in [1.165, 1.54) is 11.1 Å². The van der Waals surface area contributed by atoms with E-state index in [1.54, 1.807) is 6.20 Å². The Morgan fingerprint density at radius 1 is 0.594 bits per heavy atom. The minimum absolute atomic E-state index is 0.408. The largest absolute Gasteiger partial charge is 0.415 e. The molecule has 0 N–H and O–H groups in total. The molecular formula is C27H22N4O. The fourth-order valence-corrected chi connectivity index (χ4v) is 3.52. The number of pyridine rings is 1. The van der Waals surface area contributed by atoms with Gasteiger partial charge in [0.05, 0.1) is 0 Å². The molecule has 0 fully saturated rings. The van der Waals surface area contributed by atoms with Crippen LogP contribution in [0, 0.1) is 13.8 Å². The van der Waals surface area contributed by atoms with E-state index in [0.29, 0.717) is 17.5 Å². The molecule has 0 unspecified atom stereocenters. The third-order valence-electron chi connectivity index (χ3n) is 5.27. The van der Waals surface area contributed by atoms with E-state index in [-0.39, 0.29) is 0 Å². The molecule has 0 saturated heterocycles. The molecule has 2 heterocycles. The second-order valence-electron chi connectivity index (χ2n) is 7.68. The SMILES string of the molecule is Cc1ccc(N(c2ccc(C)cc2)c2ccc(-c3nnc(-c4ccccn4)o3)cc2)cc1. The van der Waals surface area contributed by atoms with Gasteiger partial charge in [-0.25, -0.2) is 0 Å². The number of hydrogen-bond donors (Lipinski definition) is 0. The first-order valence-electron chi connectivity index (χ1n) is 10.5. The molecule has 2 aromatic heterocycles. The fourth-order valence-electron chi connectivity index (χ4n) is 3.52. The van der Waals surface area contributed by atoms with Gasteiger partial charge in [0.15, 0.2) is 0 Å². The Balaban J connectivity index is 1.49. The first-order valence-corrected chi connectivity index (χ1v) is 10.5. The quantitative estimate of drug-likeness (QED) is 0.311. The number of anilines is 3. The molecule has 0 saturated carbocycles. The van der Waals surface area contributed by atoms with Gasteiger partial charge in [-0.05, 0) is 74.5 Å². The molecule has 0 atom stereocenters. The smallest absolute Gasteiger partial charge is 0.266 e. The molecule has 5 heteroatoms. The molecule has 5 rings (SSSR count). The van der Waals surface area contributed by atoms with Gasteiger partial charge in [-0.1, -0.05) is 41.5 Å². The molecule has 0 aliphatic carbocycles. The van der Waals surface area contributed by atoms with E-state index in [1.807, 2.05) is 30.3 Å². The van der Waals surface area contributed by atoms with Crippen LogP contribution in [0.3, 0.4) is 0 Å². The Bertz CT molecular complexity index is 1260. The summed E-state index contributed by atoms with van der Waals surface area (Å²) < 4.78 is 5.85. The van der Waals surface area contributed by atoms with Crippen molar-refractivity contribution in [2.24, 2.45) is 0 Å². The van der Waals surface area contributed by atoms with Gasteiger partial charge in [0.1, 0.15) is 5.69 Å². The lowest BCUT2D eigenvalue weighted by atomic mass is 10.1. The van der Waals surface area contributed by atoms with E-state index >= 15 is 0 Å². The maximum absolute atomic E-state index is 5.85. The van der Waals surface area contributed by atoms with Crippen molar-refractivity contribution in [2.45, 2.75) is 13.8 Å². The van der Waals surface area contributed by atoms with Crippen LogP contribution in [0.25, 0.3) is 23.0 Å². The Hall–Kier alpha value is -4.25. The van der Waals surface area contributed by atoms with E-state index < -0.39 is 0 Å². The van der Waals surface area contributed by atoms with Gasteiger partial charge in [0, 0.05) is 28.8 Å². The molecule has 0 aliphatic rings. The number of aromatic nitrogens is 3. The summed E-state index contributed by atoms with van der Waals surface area (Å²) in [6, 6.07) is 30.8. The molecule has 156 valence electrons. The molecule has 5 aromatic rings. The van der Waals surface area contributed by atoms with Crippen LogP contribution in [-0.4, -0.2) is 15.2 Å². The minimum atomic E-state index is 0.408. The number of rotatable bonds is 5. The summed E-state index contributed by atoms with van der Waals surface area (Å²) in [6.45, 7) is 4.19. The highest BCUT2D eigenvalue weighted by Gasteiger charge is 2.15. The van der Waals surface area contributed by atoms with E-state index in [2.05, 4.69) is 94.6 Å². The zero-order chi connectivity index (χ0) is 21.9. The molecule has 3 aromatic carbocycles. The average Bonchev–Trinajstić information content (AvgIpc) is 3.33. The number of benzene rings is 3. The Morgan fingerprint density at radius 3 is 1.66 bits per heavy atom. The van der Waals surface area contributed by atoms with Gasteiger partial charge in [-0.15, -0.1) is 10.2 Å². The van der Waals surface area contributed by atoms with E-state index in [4.69, 9.17) is 4.42 Å². The zero-order valence-electron chi connectivity index (χ0n) is 17.9. The molecule has 32 heavy (non-hydrogen) atoms. The van der Waals surface area contributed by atoms with E-state index in [0.717, 1.165) is 22.6 Å². The summed E-state index contributed by atoms with van der Waals surface area (Å²) in [5, 5.41) is 8.35. The van der Waals surface area contributed by atoms with Gasteiger partial charge in [-0.3, -0.25) is 4.98 Å². The summed E-state index contributed by atoms with van der Waals surface area (Å²) in [5.41, 5.74) is 7.22. The first-order chi connectivity index (χ1) is 15.7. The van der Waals surface area contributed by atoms with Crippen LogP contribution in [0.15, 0.2) is 102 Å². The van der Waals surface area contributed by atoms with Gasteiger partial charge >= 0.3 is 0 Å². The number of aryl methyl sites for hydroxylation is 2. The van der Waals surface area contributed by atoms with Crippen LogP contribution in [0.2, 0.25) is 0 Å². The second kappa shape index (κ2) is 8.47. The monoisotopic (exact) mass is 418 g/mol. The topological polar surface area (TPSA) is 55.1 Å². The van der Waals surface area contributed by atoms with Crippen LogP contribution in [0.5, 0.6) is 0 Å². The zero-order valence-corrected chi connectivity index (χ0v) is 17.9. The standard InChI is InChI=1S/C27H22N4O/c1-19-6-12-22(13-7-19)31(23-14-8-20(2)9-15-23)24-16-10-21(11-17-24)26-29-30-27(32-26)25-5-3-4-18-28-25/h3-18H,1-2H3. The second-order valence-corrected chi connectivity index (χ2v) is 7.68. The van der Waals surface area contributed by atoms with E-state index in [9.17, 15) is 0 Å². The molecule has 0 aliphatic heterocycles. The van der Waals surface area contributed by atoms with Crippen LogP contribution in [0.4, 0.5) is 17.1 Å². The number of nitrogens with zero attached hydrogens (tertiary/aromatic N) is 4. The lowest BCUT2D eigenvalue weighted by Gasteiger charge is -2.25. The normalized spacial score (nSPS) is 10.8.